The van der Waals surface area contributed by atoms with E-state index < -0.39 is 0 Å². The van der Waals surface area contributed by atoms with Gasteiger partial charge in [-0.2, -0.15) is 0 Å². The molecule has 2 heteroatoms. The first-order valence-electron chi connectivity index (χ1n) is 6.62. The Morgan fingerprint density at radius 2 is 2.11 bits per heavy atom. The zero-order valence-corrected chi connectivity index (χ0v) is 12.0. The van der Waals surface area contributed by atoms with Gasteiger partial charge in [-0.3, -0.25) is 0 Å². The molecule has 1 unspecified atom stereocenters. The third-order valence-electron chi connectivity index (χ3n) is 3.23. The second-order valence-electron chi connectivity index (χ2n) is 4.62. The van der Waals surface area contributed by atoms with Gasteiger partial charge in [0.1, 0.15) is 0 Å². The Labute approximate surface area is 114 Å². The zero-order valence-electron chi connectivity index (χ0n) is 11.1. The summed E-state index contributed by atoms with van der Waals surface area (Å²) >= 11 is 1.84. The second kappa shape index (κ2) is 6.72. The summed E-state index contributed by atoms with van der Waals surface area (Å²) in [5.41, 5.74) is 2.85. The maximum atomic E-state index is 3.43. The van der Waals surface area contributed by atoms with E-state index in [4.69, 9.17) is 0 Å². The van der Waals surface area contributed by atoms with Gasteiger partial charge in [0.15, 0.2) is 0 Å². The predicted octanol–water partition coefficient (Wildman–Crippen LogP) is 4.20. The van der Waals surface area contributed by atoms with Gasteiger partial charge in [-0.1, -0.05) is 43.7 Å². The van der Waals surface area contributed by atoms with Crippen LogP contribution in [0.15, 0.2) is 41.8 Å². The van der Waals surface area contributed by atoms with Gasteiger partial charge < -0.3 is 5.32 Å². The third kappa shape index (κ3) is 3.44. The van der Waals surface area contributed by atoms with Gasteiger partial charge in [0, 0.05) is 17.3 Å². The minimum Gasteiger partial charge on any atom is -0.313 e. The predicted molar refractivity (Wildman–Crippen MR) is 80.3 cm³/mol. The van der Waals surface area contributed by atoms with Crippen LogP contribution in [0, 0.1) is 0 Å². The van der Waals surface area contributed by atoms with Gasteiger partial charge in [0.25, 0.3) is 0 Å². The van der Waals surface area contributed by atoms with E-state index >= 15 is 0 Å². The highest BCUT2D eigenvalue weighted by Gasteiger charge is 2.10. The van der Waals surface area contributed by atoms with Crippen molar-refractivity contribution in [3.63, 3.8) is 0 Å². The van der Waals surface area contributed by atoms with Crippen molar-refractivity contribution < 1.29 is 0 Å². The smallest absolute Gasteiger partial charge is 0.0366 e. The Morgan fingerprint density at radius 3 is 2.78 bits per heavy atom. The molecule has 0 aliphatic carbocycles. The standard InChI is InChI=1S/C16H21NS/c1-3-6-13-7-4-8-14(11-13)16(17-2)12-15-9-5-10-18-15/h4-5,7-11,16-17H,3,6,12H2,1-2H3. The summed E-state index contributed by atoms with van der Waals surface area (Å²) in [6.07, 6.45) is 3.45. The fourth-order valence-corrected chi connectivity index (χ4v) is 3.02. The average Bonchev–Trinajstić information content (AvgIpc) is 2.89. The van der Waals surface area contributed by atoms with Crippen LogP contribution in [0.1, 0.15) is 35.4 Å². The van der Waals surface area contributed by atoms with Crippen LogP contribution in [0.3, 0.4) is 0 Å². The van der Waals surface area contributed by atoms with Crippen molar-refractivity contribution in [2.24, 2.45) is 0 Å². The van der Waals surface area contributed by atoms with Crippen LogP contribution in [0.5, 0.6) is 0 Å². The maximum Gasteiger partial charge on any atom is 0.0366 e. The van der Waals surface area contributed by atoms with Gasteiger partial charge in [-0.25, -0.2) is 0 Å². The molecule has 18 heavy (non-hydrogen) atoms. The lowest BCUT2D eigenvalue weighted by molar-refractivity contribution is 0.596. The minimum atomic E-state index is 0.417. The Morgan fingerprint density at radius 1 is 1.22 bits per heavy atom. The monoisotopic (exact) mass is 259 g/mol. The maximum absolute atomic E-state index is 3.43. The van der Waals surface area contributed by atoms with Gasteiger partial charge in [-0.15, -0.1) is 11.3 Å². The van der Waals surface area contributed by atoms with E-state index in [0.717, 1.165) is 6.42 Å². The molecule has 0 aliphatic rings. The van der Waals surface area contributed by atoms with Gasteiger partial charge >= 0.3 is 0 Å². The van der Waals surface area contributed by atoms with Gasteiger partial charge in [0.05, 0.1) is 0 Å². The highest BCUT2D eigenvalue weighted by molar-refractivity contribution is 7.09. The van der Waals surface area contributed by atoms with E-state index in [-0.39, 0.29) is 0 Å². The summed E-state index contributed by atoms with van der Waals surface area (Å²) in [6.45, 7) is 2.23. The second-order valence-corrected chi connectivity index (χ2v) is 5.65. The summed E-state index contributed by atoms with van der Waals surface area (Å²) in [6, 6.07) is 13.7. The molecule has 96 valence electrons. The third-order valence-corrected chi connectivity index (χ3v) is 4.12. The highest BCUT2D eigenvalue weighted by Crippen LogP contribution is 2.22. The van der Waals surface area contributed by atoms with Crippen molar-refractivity contribution in [3.8, 4) is 0 Å². The zero-order chi connectivity index (χ0) is 12.8. The van der Waals surface area contributed by atoms with E-state index in [1.807, 2.05) is 18.4 Å². The molecule has 0 bridgehead atoms. The van der Waals surface area contributed by atoms with E-state index in [2.05, 4.69) is 54.0 Å². The largest absolute Gasteiger partial charge is 0.313 e. The van der Waals surface area contributed by atoms with Crippen LogP contribution >= 0.6 is 11.3 Å². The van der Waals surface area contributed by atoms with Crippen LogP contribution in [-0.4, -0.2) is 7.05 Å². The van der Waals surface area contributed by atoms with Crippen molar-refractivity contribution in [1.29, 1.82) is 0 Å². The van der Waals surface area contributed by atoms with Crippen LogP contribution in [0.2, 0.25) is 0 Å². The van der Waals surface area contributed by atoms with Crippen molar-refractivity contribution >= 4 is 11.3 Å². The lowest BCUT2D eigenvalue weighted by atomic mass is 9.99. The molecular weight excluding hydrogens is 238 g/mol. The molecule has 1 aromatic carbocycles. The first kappa shape index (κ1) is 13.3. The molecule has 0 saturated heterocycles. The molecule has 1 nitrogen and oxygen atoms in total. The van der Waals surface area contributed by atoms with Crippen molar-refractivity contribution in [2.75, 3.05) is 7.05 Å². The molecule has 1 aromatic heterocycles. The summed E-state index contributed by atoms with van der Waals surface area (Å²) < 4.78 is 0. The van der Waals surface area contributed by atoms with Crippen LogP contribution in [-0.2, 0) is 12.8 Å². The first-order valence-corrected chi connectivity index (χ1v) is 7.50. The normalized spacial score (nSPS) is 12.6. The van der Waals surface area contributed by atoms with Crippen LogP contribution < -0.4 is 5.32 Å². The number of hydrogen-bond donors (Lipinski definition) is 1. The van der Waals surface area contributed by atoms with Gasteiger partial charge in [-0.05, 0) is 36.0 Å². The Kier molecular flexibility index (Phi) is 4.97. The van der Waals surface area contributed by atoms with Crippen molar-refractivity contribution in [2.45, 2.75) is 32.2 Å². The number of hydrogen-bond acceptors (Lipinski definition) is 2. The minimum absolute atomic E-state index is 0.417. The Bertz CT molecular complexity index is 462. The first-order chi connectivity index (χ1) is 8.83. The molecule has 0 saturated carbocycles. The van der Waals surface area contributed by atoms with Crippen LogP contribution in [0.25, 0.3) is 0 Å². The summed E-state index contributed by atoms with van der Waals surface area (Å²) in [5, 5.41) is 5.58. The van der Waals surface area contributed by atoms with E-state index in [1.54, 1.807) is 0 Å². The molecule has 0 spiro atoms. The highest BCUT2D eigenvalue weighted by atomic mass is 32.1. The molecule has 1 N–H and O–H groups in total. The topological polar surface area (TPSA) is 12.0 Å². The SMILES string of the molecule is CCCc1cccc(C(Cc2cccs2)NC)c1. The molecule has 0 aliphatic heterocycles. The Hall–Kier alpha value is -1.12. The molecule has 2 rings (SSSR count). The quantitative estimate of drug-likeness (QED) is 0.819. The summed E-state index contributed by atoms with van der Waals surface area (Å²) in [7, 11) is 2.05. The van der Waals surface area contributed by atoms with Crippen molar-refractivity contribution in [1.82, 2.24) is 5.32 Å². The average molecular weight is 259 g/mol. The number of thiophene rings is 1. The lowest BCUT2D eigenvalue weighted by Crippen LogP contribution is -2.18. The molecule has 0 fully saturated rings. The summed E-state index contributed by atoms with van der Waals surface area (Å²) in [5.74, 6) is 0. The van der Waals surface area contributed by atoms with E-state index in [0.29, 0.717) is 6.04 Å². The molecule has 1 heterocycles. The molecule has 2 aromatic rings. The summed E-state index contributed by atoms with van der Waals surface area (Å²) in [4.78, 5) is 1.44. The van der Waals surface area contributed by atoms with Crippen molar-refractivity contribution in [3.05, 3.63) is 57.8 Å². The van der Waals surface area contributed by atoms with E-state index in [1.165, 1.54) is 28.8 Å². The molecule has 0 amide bonds. The number of benzene rings is 1. The number of rotatable bonds is 6. The fourth-order valence-electron chi connectivity index (χ4n) is 2.27. The molecular formula is C16H21NS. The number of nitrogens with one attached hydrogen (secondary N) is 1. The molecule has 1 atom stereocenters. The van der Waals surface area contributed by atoms with Crippen LogP contribution in [0.4, 0.5) is 0 Å². The van der Waals surface area contributed by atoms with E-state index in [9.17, 15) is 0 Å². The molecule has 0 radical (unpaired) electrons. The number of aryl methyl sites for hydroxylation is 1. The Balaban J connectivity index is 2.13. The lowest BCUT2D eigenvalue weighted by Gasteiger charge is -2.16. The number of likely N-dealkylation sites (N-methyl/N-ethyl adjacent to an activating group) is 1. The van der Waals surface area contributed by atoms with Gasteiger partial charge in [0.2, 0.25) is 0 Å². The fraction of sp³-hybridized carbons (Fsp3) is 0.375.